The molecule has 1 aromatic carbocycles. The molecule has 122 valence electrons. The van der Waals surface area contributed by atoms with Gasteiger partial charge >= 0.3 is 11.6 Å². The van der Waals surface area contributed by atoms with E-state index in [1.54, 1.807) is 24.3 Å². The number of carboxylic acid groups (broad SMARTS) is 1. The summed E-state index contributed by atoms with van der Waals surface area (Å²) in [6.07, 6.45) is 4.33. The first-order chi connectivity index (χ1) is 11.0. The Kier molecular flexibility index (Phi) is 5.41. The fraction of sp³-hybridized carbons (Fsp3) is 0.294. The number of fused-ring (bicyclic) bond motifs is 1. The summed E-state index contributed by atoms with van der Waals surface area (Å²) >= 11 is 0. The van der Waals surface area contributed by atoms with Crippen LogP contribution in [0.2, 0.25) is 0 Å². The van der Waals surface area contributed by atoms with Crippen molar-refractivity contribution >= 4 is 23.0 Å². The van der Waals surface area contributed by atoms with Crippen molar-refractivity contribution in [2.75, 3.05) is 6.61 Å². The standard InChI is InChI=1S/C17H18O6/c1-2-3-6-12-15(20)11-7-4-8-13(16(11)23-17(12)21)22-10-5-9-14(18)19/h3-4,6-8,20H,2,5,9-10H2,1H3,(H,18,19). The van der Waals surface area contributed by atoms with Gasteiger partial charge in [0.05, 0.1) is 12.0 Å². The molecular weight excluding hydrogens is 300 g/mol. The number of carboxylic acids is 1. The lowest BCUT2D eigenvalue weighted by Crippen LogP contribution is -2.06. The van der Waals surface area contributed by atoms with E-state index in [1.807, 2.05) is 6.92 Å². The van der Waals surface area contributed by atoms with Gasteiger partial charge in [0, 0.05) is 6.42 Å². The third-order valence-electron chi connectivity index (χ3n) is 3.22. The molecule has 1 heterocycles. The van der Waals surface area contributed by atoms with Crippen molar-refractivity contribution in [1.82, 2.24) is 0 Å². The van der Waals surface area contributed by atoms with Crippen molar-refractivity contribution in [2.24, 2.45) is 0 Å². The number of hydrogen-bond donors (Lipinski definition) is 2. The summed E-state index contributed by atoms with van der Waals surface area (Å²) in [4.78, 5) is 22.5. The van der Waals surface area contributed by atoms with E-state index in [1.165, 1.54) is 6.08 Å². The lowest BCUT2D eigenvalue weighted by Gasteiger charge is -2.09. The molecule has 0 aliphatic carbocycles. The van der Waals surface area contributed by atoms with Crippen LogP contribution in [0.3, 0.4) is 0 Å². The molecule has 1 aromatic heterocycles. The molecule has 0 saturated carbocycles. The predicted molar refractivity (Wildman–Crippen MR) is 85.8 cm³/mol. The van der Waals surface area contributed by atoms with Gasteiger partial charge in [0.1, 0.15) is 11.3 Å². The van der Waals surface area contributed by atoms with Gasteiger partial charge in [-0.15, -0.1) is 0 Å². The summed E-state index contributed by atoms with van der Waals surface area (Å²) < 4.78 is 10.7. The Labute approximate surface area is 132 Å². The molecular formula is C17H18O6. The van der Waals surface area contributed by atoms with Crippen molar-refractivity contribution in [3.05, 3.63) is 40.3 Å². The van der Waals surface area contributed by atoms with Crippen LogP contribution in [-0.2, 0) is 4.79 Å². The largest absolute Gasteiger partial charge is 0.506 e. The second kappa shape index (κ2) is 7.49. The molecule has 0 bridgehead atoms. The first-order valence-electron chi connectivity index (χ1n) is 7.34. The van der Waals surface area contributed by atoms with Crippen LogP contribution in [-0.4, -0.2) is 22.8 Å². The molecule has 0 atom stereocenters. The predicted octanol–water partition coefficient (Wildman–Crippen LogP) is 3.17. The Morgan fingerprint density at radius 3 is 2.87 bits per heavy atom. The summed E-state index contributed by atoms with van der Waals surface area (Å²) in [5.41, 5.74) is -0.400. The third-order valence-corrected chi connectivity index (χ3v) is 3.22. The Balaban J connectivity index is 2.36. The summed E-state index contributed by atoms with van der Waals surface area (Å²) in [5.74, 6) is -0.758. The maximum absolute atomic E-state index is 12.0. The van der Waals surface area contributed by atoms with Gasteiger partial charge in [-0.2, -0.15) is 0 Å². The van der Waals surface area contributed by atoms with Crippen molar-refractivity contribution in [3.8, 4) is 11.5 Å². The van der Waals surface area contributed by atoms with E-state index in [-0.39, 0.29) is 29.9 Å². The van der Waals surface area contributed by atoms with E-state index < -0.39 is 11.6 Å². The highest BCUT2D eigenvalue weighted by molar-refractivity contribution is 5.90. The number of aliphatic carboxylic acids is 1. The molecule has 0 aliphatic heterocycles. The number of ether oxygens (including phenoxy) is 1. The van der Waals surface area contributed by atoms with Crippen molar-refractivity contribution in [3.63, 3.8) is 0 Å². The van der Waals surface area contributed by atoms with E-state index in [2.05, 4.69) is 0 Å². The van der Waals surface area contributed by atoms with Gasteiger partial charge in [0.15, 0.2) is 11.3 Å². The number of aromatic hydroxyl groups is 1. The molecule has 2 N–H and O–H groups in total. The van der Waals surface area contributed by atoms with Crippen LogP contribution in [0.1, 0.15) is 31.7 Å². The average Bonchev–Trinajstić information content (AvgIpc) is 2.51. The Morgan fingerprint density at radius 1 is 1.39 bits per heavy atom. The number of benzene rings is 1. The van der Waals surface area contributed by atoms with Crippen LogP contribution < -0.4 is 10.4 Å². The maximum Gasteiger partial charge on any atom is 0.347 e. The van der Waals surface area contributed by atoms with E-state index in [0.717, 1.165) is 6.42 Å². The average molecular weight is 318 g/mol. The fourth-order valence-corrected chi connectivity index (χ4v) is 2.10. The zero-order valence-corrected chi connectivity index (χ0v) is 12.7. The molecule has 6 heteroatoms. The second-order valence-electron chi connectivity index (χ2n) is 4.94. The molecule has 0 saturated heterocycles. The zero-order chi connectivity index (χ0) is 16.8. The fourth-order valence-electron chi connectivity index (χ4n) is 2.10. The number of allylic oxidation sites excluding steroid dienone is 1. The third kappa shape index (κ3) is 3.91. The van der Waals surface area contributed by atoms with Gasteiger partial charge in [-0.05, 0) is 31.1 Å². The minimum absolute atomic E-state index is 0.00801. The first kappa shape index (κ1) is 16.6. The van der Waals surface area contributed by atoms with Crippen molar-refractivity contribution in [2.45, 2.75) is 26.2 Å². The highest BCUT2D eigenvalue weighted by atomic mass is 16.5. The van der Waals surface area contributed by atoms with E-state index in [9.17, 15) is 14.7 Å². The van der Waals surface area contributed by atoms with Crippen LogP contribution in [0.4, 0.5) is 0 Å². The van der Waals surface area contributed by atoms with Gasteiger partial charge in [0.25, 0.3) is 0 Å². The lowest BCUT2D eigenvalue weighted by molar-refractivity contribution is -0.137. The summed E-state index contributed by atoms with van der Waals surface area (Å²) in [6, 6.07) is 4.90. The van der Waals surface area contributed by atoms with E-state index >= 15 is 0 Å². The van der Waals surface area contributed by atoms with Crippen LogP contribution in [0.5, 0.6) is 11.5 Å². The maximum atomic E-state index is 12.0. The molecule has 2 aromatic rings. The van der Waals surface area contributed by atoms with Gasteiger partial charge in [0.2, 0.25) is 0 Å². The molecule has 0 fully saturated rings. The molecule has 0 amide bonds. The molecule has 6 nitrogen and oxygen atoms in total. The molecule has 0 radical (unpaired) electrons. The van der Waals surface area contributed by atoms with Gasteiger partial charge in [-0.3, -0.25) is 4.79 Å². The highest BCUT2D eigenvalue weighted by Crippen LogP contribution is 2.32. The Hall–Kier alpha value is -2.76. The van der Waals surface area contributed by atoms with Crippen LogP contribution >= 0.6 is 0 Å². The van der Waals surface area contributed by atoms with Gasteiger partial charge < -0.3 is 19.4 Å². The van der Waals surface area contributed by atoms with Crippen LogP contribution in [0.25, 0.3) is 17.0 Å². The van der Waals surface area contributed by atoms with Gasteiger partial charge in [-0.1, -0.05) is 19.1 Å². The normalized spacial score (nSPS) is 11.2. The topological polar surface area (TPSA) is 97.0 Å². The van der Waals surface area contributed by atoms with E-state index in [0.29, 0.717) is 17.6 Å². The molecule has 0 spiro atoms. The molecule has 2 rings (SSSR count). The Morgan fingerprint density at radius 2 is 2.17 bits per heavy atom. The number of para-hydroxylation sites is 1. The van der Waals surface area contributed by atoms with E-state index in [4.69, 9.17) is 14.3 Å². The SMILES string of the molecule is CCC=Cc1c(O)c2cccc(OCCCC(=O)O)c2oc1=O. The quantitative estimate of drug-likeness (QED) is 0.601. The zero-order valence-electron chi connectivity index (χ0n) is 12.7. The minimum atomic E-state index is -0.900. The number of carbonyl (C=O) groups is 1. The molecule has 23 heavy (non-hydrogen) atoms. The summed E-state index contributed by atoms with van der Waals surface area (Å²) in [6.45, 7) is 2.09. The highest BCUT2D eigenvalue weighted by Gasteiger charge is 2.15. The van der Waals surface area contributed by atoms with Crippen molar-refractivity contribution < 1.29 is 24.2 Å². The van der Waals surface area contributed by atoms with Crippen LogP contribution in [0.15, 0.2) is 33.5 Å². The first-order valence-corrected chi connectivity index (χ1v) is 7.34. The molecule has 0 unspecified atom stereocenters. The second-order valence-corrected chi connectivity index (χ2v) is 4.94. The number of rotatable bonds is 7. The summed E-state index contributed by atoms with van der Waals surface area (Å²) in [7, 11) is 0. The smallest absolute Gasteiger partial charge is 0.347 e. The minimum Gasteiger partial charge on any atom is -0.506 e. The van der Waals surface area contributed by atoms with Crippen LogP contribution in [0, 0.1) is 0 Å². The van der Waals surface area contributed by atoms with Gasteiger partial charge in [-0.25, -0.2) is 4.79 Å². The van der Waals surface area contributed by atoms with Crippen molar-refractivity contribution in [1.29, 1.82) is 0 Å². The summed E-state index contributed by atoms with van der Waals surface area (Å²) in [5, 5.41) is 19.3. The Bertz CT molecular complexity index is 788. The molecule has 0 aliphatic rings. The lowest BCUT2D eigenvalue weighted by atomic mass is 10.1. The number of hydrogen-bond acceptors (Lipinski definition) is 5. The monoisotopic (exact) mass is 318 g/mol.